The van der Waals surface area contributed by atoms with Crippen molar-refractivity contribution in [3.8, 4) is 0 Å². The van der Waals surface area contributed by atoms with Gasteiger partial charge in [0.05, 0.1) is 6.20 Å². The van der Waals surface area contributed by atoms with E-state index in [1.54, 1.807) is 4.98 Å². The normalized spacial score (nSPS) is 9.62. The van der Waals surface area contributed by atoms with Gasteiger partial charge in [-0.05, 0) is 0 Å². The molecule has 1 rings (SSSR count). The molecule has 0 aliphatic rings. The van der Waals surface area contributed by atoms with Gasteiger partial charge < -0.3 is 11.5 Å². The summed E-state index contributed by atoms with van der Waals surface area (Å²) in [5.41, 5.74) is 7.83. The van der Waals surface area contributed by atoms with E-state index in [1.807, 2.05) is 0 Å². The Hall–Kier alpha value is -2.12. The van der Waals surface area contributed by atoms with Crippen LogP contribution in [0.3, 0.4) is 0 Å². The van der Waals surface area contributed by atoms with E-state index in [9.17, 15) is 14.0 Å². The van der Waals surface area contributed by atoms with Crippen molar-refractivity contribution in [1.29, 1.82) is 0 Å². The topological polar surface area (TPSA) is 119 Å². The molecule has 70 valence electrons. The Bertz CT molecular complexity index is 455. The molecule has 0 spiro atoms. The number of aromatic nitrogens is 2. The molecule has 0 bridgehead atoms. The summed E-state index contributed by atoms with van der Waals surface area (Å²) >= 11 is 0. The highest BCUT2D eigenvalue weighted by atomic mass is 19.1. The molecular formula is C5H6FN5O2. The van der Waals surface area contributed by atoms with Crippen molar-refractivity contribution in [3.05, 3.63) is 32.9 Å². The predicted molar refractivity (Wildman–Crippen MR) is 42.5 cm³/mol. The first-order valence-electron chi connectivity index (χ1n) is 3.12. The maximum Gasteiger partial charge on any atom is 0.349 e. The molecule has 13 heavy (non-hydrogen) atoms. The minimum atomic E-state index is -1.15. The third-order valence-corrected chi connectivity index (χ3v) is 1.10. The van der Waals surface area contributed by atoms with Crippen molar-refractivity contribution in [2.45, 2.75) is 0 Å². The fourth-order valence-corrected chi connectivity index (χ4v) is 0.637. The van der Waals surface area contributed by atoms with Gasteiger partial charge in [0.2, 0.25) is 11.8 Å². The standard InChI is InChI=1S/C5H6FN5O2/c6-2-1-11(10-4(7)8)5(13)9-3(2)12/h1H,(H4,7,8,10)(H,9,12,13). The highest BCUT2D eigenvalue weighted by molar-refractivity contribution is 5.75. The maximum absolute atomic E-state index is 12.6. The van der Waals surface area contributed by atoms with Gasteiger partial charge >= 0.3 is 5.69 Å². The van der Waals surface area contributed by atoms with Gasteiger partial charge in [0.1, 0.15) is 0 Å². The molecule has 0 aliphatic heterocycles. The summed E-state index contributed by atoms with van der Waals surface area (Å²) in [6.45, 7) is 0. The SMILES string of the molecule is NC(N)=Nn1cc(F)c(=O)[nH]c1=O. The molecule has 8 heteroatoms. The number of nitrogens with zero attached hydrogens (tertiary/aromatic N) is 2. The molecule has 0 amide bonds. The van der Waals surface area contributed by atoms with Crippen LogP contribution >= 0.6 is 0 Å². The second-order valence-electron chi connectivity index (χ2n) is 2.11. The van der Waals surface area contributed by atoms with Gasteiger partial charge in [-0.3, -0.25) is 9.78 Å². The summed E-state index contributed by atoms with van der Waals surface area (Å²) < 4.78 is 13.0. The van der Waals surface area contributed by atoms with Crippen LogP contribution in [0.15, 0.2) is 20.9 Å². The van der Waals surface area contributed by atoms with E-state index >= 15 is 0 Å². The predicted octanol–water partition coefficient (Wildman–Crippen LogP) is -2.29. The summed E-state index contributed by atoms with van der Waals surface area (Å²) in [7, 11) is 0. The molecule has 0 fully saturated rings. The van der Waals surface area contributed by atoms with Crippen LogP contribution in [0.2, 0.25) is 0 Å². The summed E-state index contributed by atoms with van der Waals surface area (Å²) in [6, 6.07) is 0. The van der Waals surface area contributed by atoms with Crippen LogP contribution in [-0.4, -0.2) is 15.6 Å². The number of hydrogen-bond donors (Lipinski definition) is 3. The zero-order valence-corrected chi connectivity index (χ0v) is 6.32. The lowest BCUT2D eigenvalue weighted by atomic mass is 10.6. The minimum Gasteiger partial charge on any atom is -0.369 e. The van der Waals surface area contributed by atoms with Crippen LogP contribution in [-0.2, 0) is 0 Å². The van der Waals surface area contributed by atoms with E-state index in [0.717, 1.165) is 0 Å². The molecule has 0 aromatic carbocycles. The second-order valence-corrected chi connectivity index (χ2v) is 2.11. The van der Waals surface area contributed by atoms with Gasteiger partial charge in [0.15, 0.2) is 0 Å². The van der Waals surface area contributed by atoms with Crippen molar-refractivity contribution in [3.63, 3.8) is 0 Å². The molecule has 0 radical (unpaired) electrons. The molecule has 7 nitrogen and oxygen atoms in total. The molecule has 1 aromatic rings. The summed E-state index contributed by atoms with van der Waals surface area (Å²) in [5.74, 6) is -1.57. The van der Waals surface area contributed by atoms with Crippen molar-refractivity contribution in [1.82, 2.24) is 9.66 Å². The van der Waals surface area contributed by atoms with Gasteiger partial charge in [-0.2, -0.15) is 9.07 Å². The average molecular weight is 187 g/mol. The molecule has 1 aromatic heterocycles. The Morgan fingerprint density at radius 2 is 2.15 bits per heavy atom. The smallest absolute Gasteiger partial charge is 0.349 e. The molecule has 1 heterocycles. The van der Waals surface area contributed by atoms with Crippen LogP contribution in [0.4, 0.5) is 4.39 Å². The number of halogens is 1. The molecule has 0 saturated heterocycles. The second kappa shape index (κ2) is 3.09. The van der Waals surface area contributed by atoms with Crippen molar-refractivity contribution < 1.29 is 4.39 Å². The van der Waals surface area contributed by atoms with Gasteiger partial charge in [0.25, 0.3) is 5.56 Å². The van der Waals surface area contributed by atoms with Crippen molar-refractivity contribution in [2.24, 2.45) is 16.6 Å². The van der Waals surface area contributed by atoms with Crippen LogP contribution in [0, 0.1) is 5.82 Å². The number of guanidine groups is 1. The molecule has 0 aliphatic carbocycles. The summed E-state index contributed by atoms with van der Waals surface area (Å²) in [5, 5.41) is 3.23. The lowest BCUT2D eigenvalue weighted by Gasteiger charge is -1.96. The number of nitrogens with two attached hydrogens (primary N) is 2. The first-order valence-corrected chi connectivity index (χ1v) is 3.12. The molecule has 5 N–H and O–H groups in total. The average Bonchev–Trinajstić information content (AvgIpc) is 1.99. The maximum atomic E-state index is 12.6. The van der Waals surface area contributed by atoms with Crippen LogP contribution in [0.5, 0.6) is 0 Å². The van der Waals surface area contributed by atoms with E-state index in [-0.39, 0.29) is 0 Å². The van der Waals surface area contributed by atoms with E-state index < -0.39 is 23.0 Å². The van der Waals surface area contributed by atoms with Gasteiger partial charge in [-0.15, -0.1) is 5.10 Å². The number of rotatable bonds is 1. The van der Waals surface area contributed by atoms with Gasteiger partial charge in [-0.25, -0.2) is 4.79 Å². The molecule has 0 saturated carbocycles. The van der Waals surface area contributed by atoms with E-state index in [1.165, 1.54) is 0 Å². The highest BCUT2D eigenvalue weighted by Gasteiger charge is 2.01. The van der Waals surface area contributed by atoms with E-state index in [0.29, 0.717) is 10.9 Å². The zero-order valence-electron chi connectivity index (χ0n) is 6.32. The van der Waals surface area contributed by atoms with Crippen LogP contribution in [0.25, 0.3) is 0 Å². The lowest BCUT2D eigenvalue weighted by Crippen LogP contribution is -2.32. The minimum absolute atomic E-state index is 0.423. The Balaban J connectivity index is 3.41. The molecule has 0 unspecified atom stereocenters. The lowest BCUT2D eigenvalue weighted by molar-refractivity contribution is 0.573. The first-order chi connectivity index (χ1) is 6.00. The Morgan fingerprint density at radius 1 is 1.54 bits per heavy atom. The summed E-state index contributed by atoms with van der Waals surface area (Å²) in [4.78, 5) is 23.0. The fourth-order valence-electron chi connectivity index (χ4n) is 0.637. The largest absolute Gasteiger partial charge is 0.369 e. The quantitative estimate of drug-likeness (QED) is 0.338. The van der Waals surface area contributed by atoms with Crippen LogP contribution < -0.4 is 22.7 Å². The monoisotopic (exact) mass is 187 g/mol. The van der Waals surface area contributed by atoms with Crippen LogP contribution in [0.1, 0.15) is 0 Å². The van der Waals surface area contributed by atoms with E-state index in [4.69, 9.17) is 11.5 Å². The van der Waals surface area contributed by atoms with Crippen molar-refractivity contribution in [2.75, 3.05) is 0 Å². The molecule has 0 atom stereocenters. The third kappa shape index (κ3) is 1.92. The number of H-pyrrole nitrogens is 1. The Morgan fingerprint density at radius 3 is 2.69 bits per heavy atom. The third-order valence-electron chi connectivity index (χ3n) is 1.10. The first kappa shape index (κ1) is 8.97. The summed E-state index contributed by atoms with van der Waals surface area (Å²) in [6.07, 6.45) is 0.584. The van der Waals surface area contributed by atoms with Gasteiger partial charge in [0, 0.05) is 0 Å². The zero-order chi connectivity index (χ0) is 10.0. The number of nitrogens with one attached hydrogen (secondary N) is 1. The highest BCUT2D eigenvalue weighted by Crippen LogP contribution is 1.82. The Kier molecular flexibility index (Phi) is 2.13. The Labute approximate surface area is 70.5 Å². The van der Waals surface area contributed by atoms with E-state index in [2.05, 4.69) is 5.10 Å². The fraction of sp³-hybridized carbons (Fsp3) is 0. The number of hydrogen-bond acceptors (Lipinski definition) is 3. The molecular weight excluding hydrogens is 181 g/mol. The van der Waals surface area contributed by atoms with Crippen molar-refractivity contribution >= 4 is 5.96 Å². The van der Waals surface area contributed by atoms with Gasteiger partial charge in [-0.1, -0.05) is 0 Å². The number of aromatic amines is 1.